The van der Waals surface area contributed by atoms with Crippen molar-refractivity contribution in [1.82, 2.24) is 0 Å². The predicted octanol–water partition coefficient (Wildman–Crippen LogP) is 3.36. The van der Waals surface area contributed by atoms with Crippen LogP contribution < -0.4 is 0 Å². The minimum Gasteiger partial charge on any atom is -0.162 e. The summed E-state index contributed by atoms with van der Waals surface area (Å²) in [4.78, 5) is 0. The Balaban J connectivity index is 2.11. The Morgan fingerprint density at radius 3 is 2.88 bits per heavy atom. The summed E-state index contributed by atoms with van der Waals surface area (Å²) >= 11 is 0. The Morgan fingerprint density at radius 1 is 1.19 bits per heavy atom. The molecular weight excluding hydrogens is 196 g/mol. The minimum atomic E-state index is 0.279. The first-order valence-electron chi connectivity index (χ1n) is 5.68. The molecule has 80 valence electrons. The van der Waals surface area contributed by atoms with Gasteiger partial charge in [0.15, 0.2) is 0 Å². The average molecular weight is 210 g/mol. The average Bonchev–Trinajstić information content (AvgIpc) is 2.76. The fraction of sp³-hybridized carbons (Fsp3) is 0.286. The zero-order valence-corrected chi connectivity index (χ0v) is 9.51. The van der Waals surface area contributed by atoms with Crippen molar-refractivity contribution >= 4 is 18.0 Å². The van der Waals surface area contributed by atoms with Gasteiger partial charge >= 0.3 is 0 Å². The number of benzene rings is 1. The van der Waals surface area contributed by atoms with E-state index in [1.165, 1.54) is 16.7 Å². The third-order valence-electron chi connectivity index (χ3n) is 3.25. The molecule has 1 unspecified atom stereocenters. The first-order chi connectivity index (χ1) is 7.75. The largest absolute Gasteiger partial charge is 0.162 e. The maximum Gasteiger partial charge on any atom is 0.0759 e. The molecule has 0 saturated carbocycles. The van der Waals surface area contributed by atoms with Gasteiger partial charge in [-0.25, -0.2) is 0 Å². The molecular formula is C14H14N2. The molecule has 1 aliphatic heterocycles. The van der Waals surface area contributed by atoms with Crippen LogP contribution in [0.5, 0.6) is 0 Å². The zero-order valence-electron chi connectivity index (χ0n) is 9.51. The number of rotatable bonds is 1. The molecule has 0 saturated heterocycles. The summed E-state index contributed by atoms with van der Waals surface area (Å²) in [6.45, 7) is 4.44. The molecule has 0 N–H and O–H groups in total. The molecule has 1 atom stereocenters. The Hall–Kier alpha value is -1.70. The fourth-order valence-electron chi connectivity index (χ4n) is 2.24. The number of hydrogen-bond acceptors (Lipinski definition) is 2. The number of nitrogens with zero attached hydrogens (tertiary/aromatic N) is 2. The van der Waals surface area contributed by atoms with E-state index in [0.717, 1.165) is 5.71 Å². The van der Waals surface area contributed by atoms with Crippen molar-refractivity contribution in [2.24, 2.45) is 10.2 Å². The molecule has 1 aromatic carbocycles. The molecule has 1 aromatic rings. The Labute approximate surface area is 95.4 Å². The molecule has 16 heavy (non-hydrogen) atoms. The van der Waals surface area contributed by atoms with E-state index in [-0.39, 0.29) is 5.92 Å². The van der Waals surface area contributed by atoms with Crippen molar-refractivity contribution in [3.05, 3.63) is 41.0 Å². The molecule has 0 bridgehead atoms. The smallest absolute Gasteiger partial charge is 0.0759 e. The van der Waals surface area contributed by atoms with Crippen LogP contribution in [0.1, 0.15) is 42.4 Å². The first-order valence-corrected chi connectivity index (χ1v) is 5.68. The van der Waals surface area contributed by atoms with Gasteiger partial charge in [0, 0.05) is 6.21 Å². The van der Waals surface area contributed by atoms with Crippen molar-refractivity contribution in [3.63, 3.8) is 0 Å². The third kappa shape index (κ3) is 1.33. The van der Waals surface area contributed by atoms with Crippen LogP contribution in [0.4, 0.5) is 0 Å². The van der Waals surface area contributed by atoms with Crippen LogP contribution >= 0.6 is 0 Å². The molecule has 1 aliphatic carbocycles. The van der Waals surface area contributed by atoms with E-state index < -0.39 is 0 Å². The normalized spacial score (nSPS) is 20.9. The summed E-state index contributed by atoms with van der Waals surface area (Å²) in [5.74, 6) is 0.854. The molecule has 2 nitrogen and oxygen atoms in total. The third-order valence-corrected chi connectivity index (χ3v) is 3.25. The van der Waals surface area contributed by atoms with E-state index in [0.29, 0.717) is 5.92 Å². The maximum absolute atomic E-state index is 4.11. The zero-order chi connectivity index (χ0) is 11.1. The van der Waals surface area contributed by atoms with Crippen LogP contribution in [-0.4, -0.2) is 11.9 Å². The lowest BCUT2D eigenvalue weighted by Gasteiger charge is -2.18. The lowest BCUT2D eigenvalue weighted by atomic mass is 9.85. The van der Waals surface area contributed by atoms with Gasteiger partial charge in [0.1, 0.15) is 0 Å². The molecule has 0 spiro atoms. The topological polar surface area (TPSA) is 24.7 Å². The highest BCUT2D eigenvalue weighted by molar-refractivity contribution is 6.16. The van der Waals surface area contributed by atoms with E-state index in [9.17, 15) is 0 Å². The van der Waals surface area contributed by atoms with E-state index in [4.69, 9.17) is 0 Å². The van der Waals surface area contributed by atoms with E-state index in [1.54, 1.807) is 0 Å². The van der Waals surface area contributed by atoms with Crippen LogP contribution in [0.3, 0.4) is 0 Å². The molecule has 0 radical (unpaired) electrons. The van der Waals surface area contributed by atoms with Crippen molar-refractivity contribution in [2.45, 2.75) is 25.7 Å². The van der Waals surface area contributed by atoms with E-state index in [2.05, 4.69) is 54.4 Å². The van der Waals surface area contributed by atoms with Gasteiger partial charge in [-0.3, -0.25) is 0 Å². The highest BCUT2D eigenvalue weighted by atomic mass is 15.2. The predicted molar refractivity (Wildman–Crippen MR) is 68.2 cm³/mol. The maximum atomic E-state index is 4.11. The number of hydrogen-bond donors (Lipinski definition) is 0. The monoisotopic (exact) mass is 210 g/mol. The second-order valence-corrected chi connectivity index (χ2v) is 4.64. The summed E-state index contributed by atoms with van der Waals surface area (Å²) < 4.78 is 0. The van der Waals surface area contributed by atoms with Crippen LogP contribution in [0.15, 0.2) is 34.5 Å². The molecule has 2 aliphatic rings. The second-order valence-electron chi connectivity index (χ2n) is 4.64. The van der Waals surface area contributed by atoms with Gasteiger partial charge in [0.2, 0.25) is 0 Å². The number of fused-ring (bicyclic) bond motifs is 3. The molecule has 2 heteroatoms. The van der Waals surface area contributed by atoms with Gasteiger partial charge in [-0.2, -0.15) is 10.2 Å². The van der Waals surface area contributed by atoms with Crippen LogP contribution in [0, 0.1) is 0 Å². The van der Waals surface area contributed by atoms with Gasteiger partial charge in [0.25, 0.3) is 0 Å². The van der Waals surface area contributed by atoms with E-state index in [1.807, 2.05) is 6.21 Å². The quantitative estimate of drug-likeness (QED) is 0.679. The Morgan fingerprint density at radius 2 is 2.06 bits per heavy atom. The van der Waals surface area contributed by atoms with Crippen LogP contribution in [0.25, 0.3) is 6.08 Å². The molecule has 3 rings (SSSR count). The molecule has 0 fully saturated rings. The highest BCUT2D eigenvalue weighted by Gasteiger charge is 2.24. The summed E-state index contributed by atoms with van der Waals surface area (Å²) in [5.41, 5.74) is 5.08. The van der Waals surface area contributed by atoms with Gasteiger partial charge in [-0.1, -0.05) is 38.1 Å². The SMILES string of the molecule is CC(C)c1ccc2c(c1)C=CC1=NN=CC12. The minimum absolute atomic E-state index is 0.279. The van der Waals surface area contributed by atoms with Gasteiger partial charge in [-0.05, 0) is 28.7 Å². The van der Waals surface area contributed by atoms with Crippen molar-refractivity contribution in [3.8, 4) is 0 Å². The van der Waals surface area contributed by atoms with Crippen molar-refractivity contribution in [1.29, 1.82) is 0 Å². The molecule has 1 heterocycles. The van der Waals surface area contributed by atoms with Crippen LogP contribution in [-0.2, 0) is 0 Å². The summed E-state index contributed by atoms with van der Waals surface area (Å²) in [5, 5.41) is 8.11. The van der Waals surface area contributed by atoms with Gasteiger partial charge in [0.05, 0.1) is 11.6 Å². The molecule has 0 amide bonds. The second kappa shape index (κ2) is 3.41. The van der Waals surface area contributed by atoms with Gasteiger partial charge in [-0.15, -0.1) is 0 Å². The summed E-state index contributed by atoms with van der Waals surface area (Å²) in [6, 6.07) is 6.71. The van der Waals surface area contributed by atoms with Crippen molar-refractivity contribution < 1.29 is 0 Å². The van der Waals surface area contributed by atoms with Crippen LogP contribution in [0.2, 0.25) is 0 Å². The van der Waals surface area contributed by atoms with E-state index >= 15 is 0 Å². The molecule has 0 aromatic heterocycles. The summed E-state index contributed by atoms with van der Waals surface area (Å²) in [6.07, 6.45) is 6.14. The summed E-state index contributed by atoms with van der Waals surface area (Å²) in [7, 11) is 0. The lowest BCUT2D eigenvalue weighted by Crippen LogP contribution is -2.13. The van der Waals surface area contributed by atoms with Gasteiger partial charge < -0.3 is 0 Å². The Kier molecular flexibility index (Phi) is 2.03. The standard InChI is InChI=1S/C14H14N2/c1-9(2)10-3-5-12-11(7-10)4-6-14-13(12)8-15-16-14/h3-9,13H,1-2H3. The fourth-order valence-corrected chi connectivity index (χ4v) is 2.24. The van der Waals surface area contributed by atoms with Crippen molar-refractivity contribution in [2.75, 3.05) is 0 Å². The Bertz CT molecular complexity index is 522. The highest BCUT2D eigenvalue weighted by Crippen LogP contribution is 2.31. The first kappa shape index (κ1) is 9.52. The number of allylic oxidation sites excluding steroid dienone is 1. The lowest BCUT2D eigenvalue weighted by molar-refractivity contribution is 0.864.